The monoisotopic (exact) mass is 635 g/mol. The Kier molecular flexibility index (Phi) is 11.2. The van der Waals surface area contributed by atoms with Gasteiger partial charge in [-0.05, 0) is 86.3 Å². The lowest BCUT2D eigenvalue weighted by molar-refractivity contribution is -0.158. The average molecular weight is 636 g/mol. The number of esters is 1. The van der Waals surface area contributed by atoms with Crippen molar-refractivity contribution in [3.8, 4) is 5.75 Å². The van der Waals surface area contributed by atoms with Gasteiger partial charge in [0.25, 0.3) is 0 Å². The van der Waals surface area contributed by atoms with E-state index in [1.807, 2.05) is 42.5 Å². The van der Waals surface area contributed by atoms with Crippen LogP contribution in [0.5, 0.6) is 5.75 Å². The summed E-state index contributed by atoms with van der Waals surface area (Å²) in [6.07, 6.45) is -0.0608. The second-order valence-corrected chi connectivity index (χ2v) is 13.4. The molecular formula is C35H38ClNO6S. The highest BCUT2D eigenvalue weighted by Crippen LogP contribution is 2.27. The predicted octanol–water partition coefficient (Wildman–Crippen LogP) is 6.67. The van der Waals surface area contributed by atoms with Gasteiger partial charge in [0.1, 0.15) is 5.75 Å². The molecule has 44 heavy (non-hydrogen) atoms. The topological polar surface area (TPSA) is 93.1 Å². The van der Waals surface area contributed by atoms with Crippen LogP contribution in [0.3, 0.4) is 0 Å². The van der Waals surface area contributed by atoms with Crippen LogP contribution >= 0.6 is 11.6 Å². The van der Waals surface area contributed by atoms with E-state index in [4.69, 9.17) is 21.1 Å². The van der Waals surface area contributed by atoms with E-state index in [1.54, 1.807) is 57.2 Å². The van der Waals surface area contributed by atoms with Gasteiger partial charge in [0, 0.05) is 24.7 Å². The highest BCUT2D eigenvalue weighted by atomic mass is 35.5. The molecule has 0 aliphatic rings. The third-order valence-electron chi connectivity index (χ3n) is 7.12. The molecule has 0 amide bonds. The van der Waals surface area contributed by atoms with E-state index in [0.29, 0.717) is 31.1 Å². The lowest BCUT2D eigenvalue weighted by Crippen LogP contribution is -2.39. The number of carbonyl (C=O) groups is 1. The zero-order valence-electron chi connectivity index (χ0n) is 25.1. The fourth-order valence-electron chi connectivity index (χ4n) is 4.74. The quantitative estimate of drug-likeness (QED) is 0.155. The number of ether oxygens (including phenoxy) is 2. The molecule has 0 radical (unpaired) electrons. The van der Waals surface area contributed by atoms with Crippen LogP contribution in [0.15, 0.2) is 113 Å². The van der Waals surface area contributed by atoms with Crippen LogP contribution in [0.25, 0.3) is 0 Å². The van der Waals surface area contributed by atoms with Crippen molar-refractivity contribution in [1.29, 1.82) is 0 Å². The summed E-state index contributed by atoms with van der Waals surface area (Å²) in [5, 5.41) is 11.5. The first-order valence-corrected chi connectivity index (χ1v) is 16.3. The summed E-state index contributed by atoms with van der Waals surface area (Å²) in [7, 11) is -3.84. The van der Waals surface area contributed by atoms with Gasteiger partial charge in [-0.15, -0.1) is 0 Å². The summed E-state index contributed by atoms with van der Waals surface area (Å²) in [5.41, 5.74) is 1.57. The smallest absolute Gasteiger partial charge is 0.349 e. The van der Waals surface area contributed by atoms with Crippen molar-refractivity contribution in [2.75, 3.05) is 19.7 Å². The minimum Gasteiger partial charge on any atom is -0.476 e. The van der Waals surface area contributed by atoms with Crippen LogP contribution in [-0.4, -0.2) is 49.7 Å². The van der Waals surface area contributed by atoms with Crippen molar-refractivity contribution in [1.82, 2.24) is 4.90 Å². The number of hydrogen-bond donors (Lipinski definition) is 1. The largest absolute Gasteiger partial charge is 0.476 e. The molecule has 4 rings (SSSR count). The molecular weight excluding hydrogens is 598 g/mol. The van der Waals surface area contributed by atoms with Gasteiger partial charge in [-0.25, -0.2) is 13.2 Å². The SMILES string of the molecule is CCOC(=O)C(C)(C)Oc1cccc(S(=O)(=O)c2ccc(CCN(Cc3ccccc3)C[C@H](O)c3cccc(Cl)c3)cc2)c1. The fourth-order valence-corrected chi connectivity index (χ4v) is 6.24. The molecule has 4 aromatic carbocycles. The summed E-state index contributed by atoms with van der Waals surface area (Å²) in [6.45, 7) is 6.78. The Balaban J connectivity index is 1.45. The molecule has 0 fully saturated rings. The molecule has 0 aliphatic heterocycles. The average Bonchev–Trinajstić information content (AvgIpc) is 3.00. The van der Waals surface area contributed by atoms with Crippen molar-refractivity contribution in [3.63, 3.8) is 0 Å². The highest BCUT2D eigenvalue weighted by molar-refractivity contribution is 7.91. The third-order valence-corrected chi connectivity index (χ3v) is 9.12. The fraction of sp³-hybridized carbons (Fsp3) is 0.286. The normalized spacial score (nSPS) is 12.6. The molecule has 0 unspecified atom stereocenters. The van der Waals surface area contributed by atoms with Crippen molar-refractivity contribution in [3.05, 3.63) is 125 Å². The Morgan fingerprint density at radius 3 is 2.27 bits per heavy atom. The van der Waals surface area contributed by atoms with E-state index >= 15 is 0 Å². The first-order chi connectivity index (χ1) is 21.0. The Morgan fingerprint density at radius 1 is 0.886 bits per heavy atom. The molecule has 0 saturated carbocycles. The van der Waals surface area contributed by atoms with Crippen LogP contribution in [0.4, 0.5) is 0 Å². The Morgan fingerprint density at radius 2 is 1.59 bits per heavy atom. The van der Waals surface area contributed by atoms with E-state index < -0.39 is 27.5 Å². The van der Waals surface area contributed by atoms with Gasteiger partial charge >= 0.3 is 5.97 Å². The van der Waals surface area contributed by atoms with E-state index in [0.717, 1.165) is 16.7 Å². The highest BCUT2D eigenvalue weighted by Gasteiger charge is 2.32. The van der Waals surface area contributed by atoms with Crippen molar-refractivity contribution >= 4 is 27.4 Å². The molecule has 1 atom stereocenters. The zero-order chi connectivity index (χ0) is 31.7. The number of benzene rings is 4. The van der Waals surface area contributed by atoms with Gasteiger partial charge in [0.05, 0.1) is 22.5 Å². The lowest BCUT2D eigenvalue weighted by Gasteiger charge is -2.25. The molecule has 0 aromatic heterocycles. The van der Waals surface area contributed by atoms with Crippen molar-refractivity contribution < 1.29 is 27.8 Å². The molecule has 0 bridgehead atoms. The van der Waals surface area contributed by atoms with Gasteiger partial charge in [0.15, 0.2) is 5.60 Å². The number of nitrogens with zero attached hydrogens (tertiary/aromatic N) is 1. The van der Waals surface area contributed by atoms with Crippen LogP contribution in [0, 0.1) is 0 Å². The molecule has 1 N–H and O–H groups in total. The molecule has 232 valence electrons. The number of hydrogen-bond acceptors (Lipinski definition) is 7. The number of rotatable bonds is 14. The second-order valence-electron chi connectivity index (χ2n) is 11.0. The first-order valence-electron chi connectivity index (χ1n) is 14.5. The number of carbonyl (C=O) groups excluding carboxylic acids is 1. The summed E-state index contributed by atoms with van der Waals surface area (Å²) >= 11 is 6.14. The molecule has 4 aromatic rings. The van der Waals surface area contributed by atoms with E-state index in [2.05, 4.69) is 17.0 Å². The summed E-state index contributed by atoms with van der Waals surface area (Å²) in [4.78, 5) is 14.6. The van der Waals surface area contributed by atoms with Crippen LogP contribution < -0.4 is 4.74 Å². The lowest BCUT2D eigenvalue weighted by atomic mass is 10.1. The molecule has 0 saturated heterocycles. The van der Waals surface area contributed by atoms with Gasteiger partial charge < -0.3 is 14.6 Å². The van der Waals surface area contributed by atoms with Crippen LogP contribution in [-0.2, 0) is 32.3 Å². The molecule has 9 heteroatoms. The van der Waals surface area contributed by atoms with Gasteiger partial charge in [-0.1, -0.05) is 72.3 Å². The number of sulfone groups is 1. The van der Waals surface area contributed by atoms with E-state index in [9.17, 15) is 18.3 Å². The molecule has 0 aliphatic carbocycles. The van der Waals surface area contributed by atoms with Gasteiger partial charge in [-0.3, -0.25) is 4.90 Å². The number of aliphatic hydroxyl groups is 1. The summed E-state index contributed by atoms with van der Waals surface area (Å²) < 4.78 is 37.8. The maximum Gasteiger partial charge on any atom is 0.349 e. The van der Waals surface area contributed by atoms with Crippen LogP contribution in [0.1, 0.15) is 43.6 Å². The van der Waals surface area contributed by atoms with Gasteiger partial charge in [0.2, 0.25) is 9.84 Å². The maximum absolute atomic E-state index is 13.5. The number of aliphatic hydroxyl groups excluding tert-OH is 1. The first kappa shape index (κ1) is 33.2. The van der Waals surface area contributed by atoms with Crippen molar-refractivity contribution in [2.45, 2.75) is 55.2 Å². The summed E-state index contributed by atoms with van der Waals surface area (Å²) in [5.74, 6) is -0.288. The van der Waals surface area contributed by atoms with E-state index in [1.165, 1.54) is 12.1 Å². The van der Waals surface area contributed by atoms with Crippen molar-refractivity contribution in [2.24, 2.45) is 0 Å². The number of halogens is 1. The third kappa shape index (κ3) is 8.92. The van der Waals surface area contributed by atoms with Gasteiger partial charge in [-0.2, -0.15) is 0 Å². The Hall–Kier alpha value is -3.69. The molecule has 0 spiro atoms. The predicted molar refractivity (Wildman–Crippen MR) is 172 cm³/mol. The molecule has 7 nitrogen and oxygen atoms in total. The van der Waals surface area contributed by atoms with Crippen LogP contribution in [0.2, 0.25) is 5.02 Å². The maximum atomic E-state index is 13.5. The standard InChI is InChI=1S/C35H38ClNO6S/c1-4-42-34(39)35(2,3)43-30-14-9-15-32(23-30)44(40,41)31-18-16-26(17-19-31)20-21-37(24-27-10-6-5-7-11-27)25-33(38)28-12-8-13-29(36)22-28/h5-19,22-23,33,38H,4,20-21,24-25H2,1-3H3/t33-/m0/s1. The summed E-state index contributed by atoms with van der Waals surface area (Å²) in [6, 6.07) is 30.2. The van der Waals surface area contributed by atoms with E-state index in [-0.39, 0.29) is 22.1 Å². The Labute approximate surface area is 264 Å². The minimum atomic E-state index is -3.84. The molecule has 0 heterocycles. The minimum absolute atomic E-state index is 0.0615. The Bertz CT molecular complexity index is 1640. The second kappa shape index (κ2) is 14.9. The zero-order valence-corrected chi connectivity index (χ0v) is 26.7.